The standard InChI is InChI=1S/C18H19N3O6S/c1-10-5-6-12(9-13(10)21(23)24)19-18(28)20-17(22)11-7-14(25-2)16(27-4)15(8-11)26-3/h5-9H,1-4H3,(H2,19,20,22,28). The molecule has 0 radical (unpaired) electrons. The molecule has 2 N–H and O–H groups in total. The lowest BCUT2D eigenvalue weighted by Gasteiger charge is -2.14. The number of hydrogen-bond acceptors (Lipinski definition) is 7. The van der Waals surface area contributed by atoms with E-state index in [4.69, 9.17) is 26.4 Å². The Balaban J connectivity index is 2.18. The van der Waals surface area contributed by atoms with Gasteiger partial charge < -0.3 is 19.5 Å². The molecule has 0 aliphatic heterocycles. The van der Waals surface area contributed by atoms with E-state index in [1.54, 1.807) is 19.1 Å². The largest absolute Gasteiger partial charge is 0.493 e. The van der Waals surface area contributed by atoms with Gasteiger partial charge in [-0.2, -0.15) is 0 Å². The smallest absolute Gasteiger partial charge is 0.274 e. The van der Waals surface area contributed by atoms with Gasteiger partial charge in [-0.05, 0) is 37.3 Å². The number of amides is 1. The average Bonchev–Trinajstić information content (AvgIpc) is 2.67. The molecule has 2 rings (SSSR count). The van der Waals surface area contributed by atoms with Crippen LogP contribution in [-0.4, -0.2) is 37.3 Å². The first-order valence-corrected chi connectivity index (χ1v) is 8.39. The SMILES string of the molecule is COc1cc(C(=O)NC(=S)Nc2ccc(C)c([N+](=O)[O-])c2)cc(OC)c1OC. The van der Waals surface area contributed by atoms with Crippen LogP contribution in [0.1, 0.15) is 15.9 Å². The first-order valence-electron chi connectivity index (χ1n) is 7.98. The molecule has 2 aromatic rings. The van der Waals surface area contributed by atoms with E-state index < -0.39 is 10.8 Å². The van der Waals surface area contributed by atoms with Gasteiger partial charge >= 0.3 is 0 Å². The molecule has 0 saturated carbocycles. The number of nitro benzene ring substituents is 1. The molecule has 148 valence electrons. The van der Waals surface area contributed by atoms with E-state index >= 15 is 0 Å². The number of rotatable bonds is 6. The van der Waals surface area contributed by atoms with Crippen molar-refractivity contribution in [2.75, 3.05) is 26.6 Å². The van der Waals surface area contributed by atoms with E-state index in [9.17, 15) is 14.9 Å². The minimum atomic E-state index is -0.515. The van der Waals surface area contributed by atoms with Gasteiger partial charge in [0.05, 0.1) is 26.3 Å². The summed E-state index contributed by atoms with van der Waals surface area (Å²) in [4.78, 5) is 23.1. The zero-order chi connectivity index (χ0) is 20.8. The number of thiocarbonyl (C=S) groups is 1. The minimum absolute atomic E-state index is 0.0168. The Bertz CT molecular complexity index is 907. The molecular formula is C18H19N3O6S. The quantitative estimate of drug-likeness (QED) is 0.428. The molecule has 0 aromatic heterocycles. The highest BCUT2D eigenvalue weighted by Gasteiger charge is 2.18. The third kappa shape index (κ3) is 4.65. The predicted octanol–water partition coefficient (Wildman–Crippen LogP) is 3.06. The number of carbonyl (C=O) groups is 1. The van der Waals surface area contributed by atoms with E-state index in [1.165, 1.54) is 39.5 Å². The van der Waals surface area contributed by atoms with Crippen molar-refractivity contribution in [3.63, 3.8) is 0 Å². The molecule has 0 fully saturated rings. The highest BCUT2D eigenvalue weighted by molar-refractivity contribution is 7.80. The summed E-state index contributed by atoms with van der Waals surface area (Å²) >= 11 is 5.13. The third-order valence-electron chi connectivity index (χ3n) is 3.82. The maximum Gasteiger partial charge on any atom is 0.274 e. The van der Waals surface area contributed by atoms with Crippen molar-refractivity contribution in [1.29, 1.82) is 0 Å². The lowest BCUT2D eigenvalue weighted by molar-refractivity contribution is -0.385. The fourth-order valence-electron chi connectivity index (χ4n) is 2.43. The fraction of sp³-hybridized carbons (Fsp3) is 0.222. The molecule has 10 heteroatoms. The van der Waals surface area contributed by atoms with Crippen molar-refractivity contribution in [1.82, 2.24) is 5.32 Å². The van der Waals surface area contributed by atoms with Crippen LogP contribution >= 0.6 is 12.2 Å². The van der Waals surface area contributed by atoms with Gasteiger partial charge in [-0.25, -0.2) is 0 Å². The molecule has 9 nitrogen and oxygen atoms in total. The van der Waals surface area contributed by atoms with E-state index in [0.717, 1.165) is 0 Å². The molecule has 0 unspecified atom stereocenters. The van der Waals surface area contributed by atoms with Crippen LogP contribution in [0.5, 0.6) is 17.2 Å². The van der Waals surface area contributed by atoms with Gasteiger partial charge in [0.2, 0.25) is 5.75 Å². The van der Waals surface area contributed by atoms with Crippen molar-refractivity contribution in [3.05, 3.63) is 51.6 Å². The average molecular weight is 405 g/mol. The van der Waals surface area contributed by atoms with Crippen LogP contribution in [0.15, 0.2) is 30.3 Å². The number of anilines is 1. The fourth-order valence-corrected chi connectivity index (χ4v) is 2.64. The Morgan fingerprint density at radius 2 is 1.68 bits per heavy atom. The summed E-state index contributed by atoms with van der Waals surface area (Å²) in [5.74, 6) is 0.479. The number of nitrogens with one attached hydrogen (secondary N) is 2. The van der Waals surface area contributed by atoms with Gasteiger partial charge in [-0.15, -0.1) is 0 Å². The summed E-state index contributed by atoms with van der Waals surface area (Å²) in [6.07, 6.45) is 0. The highest BCUT2D eigenvalue weighted by atomic mass is 32.1. The van der Waals surface area contributed by atoms with Gasteiger partial charge in [0.15, 0.2) is 16.6 Å². The Hall–Kier alpha value is -3.40. The maximum atomic E-state index is 12.5. The molecule has 28 heavy (non-hydrogen) atoms. The van der Waals surface area contributed by atoms with Crippen LogP contribution in [0.3, 0.4) is 0 Å². The summed E-state index contributed by atoms with van der Waals surface area (Å²) < 4.78 is 15.7. The monoisotopic (exact) mass is 405 g/mol. The first-order chi connectivity index (χ1) is 13.3. The Morgan fingerprint density at radius 3 is 2.18 bits per heavy atom. The minimum Gasteiger partial charge on any atom is -0.493 e. The Morgan fingerprint density at radius 1 is 1.07 bits per heavy atom. The van der Waals surface area contributed by atoms with E-state index in [-0.39, 0.29) is 16.4 Å². The molecule has 0 bridgehead atoms. The van der Waals surface area contributed by atoms with Crippen molar-refractivity contribution in [3.8, 4) is 17.2 Å². The molecule has 2 aromatic carbocycles. The van der Waals surface area contributed by atoms with E-state index in [1.807, 2.05) is 0 Å². The van der Waals surface area contributed by atoms with Crippen LogP contribution in [0.2, 0.25) is 0 Å². The summed E-state index contributed by atoms with van der Waals surface area (Å²) in [6.45, 7) is 1.63. The normalized spacial score (nSPS) is 10.0. The summed E-state index contributed by atoms with van der Waals surface area (Å²) in [6, 6.07) is 7.52. The van der Waals surface area contributed by atoms with Crippen LogP contribution in [0, 0.1) is 17.0 Å². The second-order valence-corrected chi connectivity index (χ2v) is 5.99. The molecular weight excluding hydrogens is 386 g/mol. The van der Waals surface area contributed by atoms with Crippen molar-refractivity contribution in [2.45, 2.75) is 6.92 Å². The molecule has 0 saturated heterocycles. The molecule has 0 aliphatic carbocycles. The highest BCUT2D eigenvalue weighted by Crippen LogP contribution is 2.38. The van der Waals surface area contributed by atoms with Gasteiger partial charge in [0.1, 0.15) is 0 Å². The number of benzene rings is 2. The number of ether oxygens (including phenoxy) is 3. The Labute approximate surface area is 166 Å². The van der Waals surface area contributed by atoms with Crippen LogP contribution in [0.25, 0.3) is 0 Å². The topological polar surface area (TPSA) is 112 Å². The zero-order valence-electron chi connectivity index (χ0n) is 15.7. The lowest BCUT2D eigenvalue weighted by Crippen LogP contribution is -2.34. The van der Waals surface area contributed by atoms with Gasteiger partial charge in [0, 0.05) is 22.9 Å². The van der Waals surface area contributed by atoms with Crippen molar-refractivity contribution < 1.29 is 23.9 Å². The number of hydrogen-bond donors (Lipinski definition) is 2. The predicted molar refractivity (Wildman–Crippen MR) is 108 cm³/mol. The second kappa shape index (κ2) is 9.00. The number of nitro groups is 1. The number of carbonyl (C=O) groups excluding carboxylic acids is 1. The summed E-state index contributed by atoms with van der Waals surface area (Å²) in [5, 5.41) is 16.3. The zero-order valence-corrected chi connectivity index (χ0v) is 16.5. The molecule has 0 aliphatic rings. The Kier molecular flexibility index (Phi) is 6.72. The number of aryl methyl sites for hydroxylation is 1. The summed E-state index contributed by atoms with van der Waals surface area (Å²) in [5.41, 5.74) is 1.08. The van der Waals surface area contributed by atoms with Gasteiger partial charge in [-0.3, -0.25) is 20.2 Å². The first kappa shape index (κ1) is 20.9. The molecule has 0 heterocycles. The van der Waals surface area contributed by atoms with Crippen LogP contribution in [-0.2, 0) is 0 Å². The van der Waals surface area contributed by atoms with Crippen molar-refractivity contribution >= 4 is 34.6 Å². The van der Waals surface area contributed by atoms with Crippen LogP contribution in [0.4, 0.5) is 11.4 Å². The van der Waals surface area contributed by atoms with Crippen LogP contribution < -0.4 is 24.8 Å². The van der Waals surface area contributed by atoms with Crippen molar-refractivity contribution in [2.24, 2.45) is 0 Å². The van der Waals surface area contributed by atoms with E-state index in [0.29, 0.717) is 28.5 Å². The number of methoxy groups -OCH3 is 3. The third-order valence-corrected chi connectivity index (χ3v) is 4.02. The molecule has 0 atom stereocenters. The molecule has 0 spiro atoms. The van der Waals surface area contributed by atoms with Gasteiger partial charge in [-0.1, -0.05) is 6.07 Å². The van der Waals surface area contributed by atoms with E-state index in [2.05, 4.69) is 10.6 Å². The number of nitrogens with zero attached hydrogens (tertiary/aromatic N) is 1. The summed E-state index contributed by atoms with van der Waals surface area (Å²) in [7, 11) is 4.34. The lowest BCUT2D eigenvalue weighted by atomic mass is 10.1. The van der Waals surface area contributed by atoms with Gasteiger partial charge in [0.25, 0.3) is 11.6 Å². The maximum absolute atomic E-state index is 12.5. The molecule has 1 amide bonds. The second-order valence-electron chi connectivity index (χ2n) is 5.58.